The maximum atomic E-state index is 13.2. The molecule has 12 nitrogen and oxygen atoms in total. The number of nitrogens with one attached hydrogen (secondary N) is 1. The maximum Gasteiger partial charge on any atom is 0.293 e. The van der Waals surface area contributed by atoms with Crippen LogP contribution in [0.2, 0.25) is 5.02 Å². The van der Waals surface area contributed by atoms with E-state index in [1.807, 2.05) is 43.3 Å². The number of aliphatic hydroxyl groups excluding tert-OH is 1. The molecule has 5 aromatic rings. The van der Waals surface area contributed by atoms with E-state index in [-0.39, 0.29) is 23.8 Å². The molecule has 0 unspecified atom stereocenters. The number of carbonyl (C=O) groups is 2. The number of nitriles is 1. The number of likely N-dealkylation sites (tertiary alicyclic amines) is 2. The Morgan fingerprint density at radius 3 is 2.69 bits per heavy atom. The fraction of sp³-hybridized carbons (Fsp3) is 0.282. The number of nitrogens with zero attached hydrogens (tertiary/aromatic N) is 6. The van der Waals surface area contributed by atoms with Crippen LogP contribution in [0.5, 0.6) is 0 Å². The minimum Gasteiger partial charge on any atom is -0.463 e. The van der Waals surface area contributed by atoms with Gasteiger partial charge in [0, 0.05) is 56.4 Å². The van der Waals surface area contributed by atoms with Crippen molar-refractivity contribution in [2.24, 2.45) is 0 Å². The van der Waals surface area contributed by atoms with Gasteiger partial charge in [0.05, 0.1) is 28.9 Å². The molecule has 52 heavy (non-hydrogen) atoms. The van der Waals surface area contributed by atoms with Gasteiger partial charge < -0.3 is 19.6 Å². The Bertz CT molecular complexity index is 2200. The smallest absolute Gasteiger partial charge is 0.293 e. The lowest BCUT2D eigenvalue weighted by Gasteiger charge is -2.15. The predicted molar refractivity (Wildman–Crippen MR) is 196 cm³/mol. The number of anilines is 1. The van der Waals surface area contributed by atoms with Crippen LogP contribution < -0.4 is 5.32 Å². The predicted octanol–water partition coefficient (Wildman–Crippen LogP) is 5.85. The lowest BCUT2D eigenvalue weighted by Crippen LogP contribution is -2.22. The summed E-state index contributed by atoms with van der Waals surface area (Å²) < 4.78 is 11.1. The van der Waals surface area contributed by atoms with Crippen molar-refractivity contribution in [3.05, 3.63) is 105 Å². The van der Waals surface area contributed by atoms with Gasteiger partial charge in [0.25, 0.3) is 12.4 Å². The highest BCUT2D eigenvalue weighted by Gasteiger charge is 2.25. The third-order valence-corrected chi connectivity index (χ3v) is 9.89. The molecule has 0 saturated carbocycles. The second-order valence-electron chi connectivity index (χ2n) is 13.0. The molecule has 0 spiro atoms. The summed E-state index contributed by atoms with van der Waals surface area (Å²) in [4.78, 5) is 41.6. The molecule has 2 aromatic carbocycles. The van der Waals surface area contributed by atoms with Crippen LogP contribution in [0.25, 0.3) is 34.4 Å². The molecule has 2 saturated heterocycles. The van der Waals surface area contributed by atoms with E-state index in [1.54, 1.807) is 36.7 Å². The van der Waals surface area contributed by atoms with E-state index < -0.39 is 0 Å². The molecular weight excluding hydrogens is 682 g/mol. The Labute approximate surface area is 305 Å². The molecule has 2 atom stereocenters. The highest BCUT2D eigenvalue weighted by atomic mass is 35.5. The van der Waals surface area contributed by atoms with Crippen LogP contribution in [0.1, 0.15) is 57.2 Å². The minimum absolute atomic E-state index is 0.129. The number of hydrogen-bond acceptors (Lipinski definition) is 11. The number of benzene rings is 2. The first-order chi connectivity index (χ1) is 25.3. The Balaban J connectivity index is 1.07. The number of ether oxygens (including phenoxy) is 1. The topological polar surface area (TPSA) is 158 Å². The molecule has 7 rings (SSSR count). The molecule has 2 N–H and O–H groups in total. The number of β-amino-alcohol motifs (C(OH)–C–C–N with tert-alkyl or cyclic N) is 1. The Morgan fingerprint density at radius 2 is 1.92 bits per heavy atom. The fourth-order valence-corrected chi connectivity index (χ4v) is 7.03. The number of aliphatic hydroxyl groups is 1. The summed E-state index contributed by atoms with van der Waals surface area (Å²) in [5.74, 6) is 0.174. The number of fused-ring (bicyclic) bond motifs is 1. The molecule has 0 bridgehead atoms. The first kappa shape index (κ1) is 35.0. The Kier molecular flexibility index (Phi) is 10.4. The highest BCUT2D eigenvalue weighted by molar-refractivity contribution is 6.36. The van der Waals surface area contributed by atoms with Crippen molar-refractivity contribution < 1.29 is 23.8 Å². The molecule has 2 aliphatic rings. The third-order valence-electron chi connectivity index (χ3n) is 9.50. The van der Waals surface area contributed by atoms with Gasteiger partial charge in [-0.2, -0.15) is 5.26 Å². The third kappa shape index (κ3) is 7.58. The van der Waals surface area contributed by atoms with E-state index in [2.05, 4.69) is 36.1 Å². The summed E-state index contributed by atoms with van der Waals surface area (Å²) in [5, 5.41) is 23.5. The van der Waals surface area contributed by atoms with Gasteiger partial charge in [0.2, 0.25) is 5.89 Å². The SMILES string of the molecule is Cc1c(NC(=O)c2ccc(CN3CC[C@@H](O)C3)cn2)cccc1-c1ccnc(/C=C/c2ccc3nc(CN4CC[C@@H](OC=O)C4)oc3c2Cl)c1C#N. The van der Waals surface area contributed by atoms with Crippen molar-refractivity contribution >= 4 is 52.9 Å². The lowest BCUT2D eigenvalue weighted by molar-refractivity contribution is -0.132. The van der Waals surface area contributed by atoms with Gasteiger partial charge in [-0.1, -0.05) is 41.9 Å². The first-order valence-electron chi connectivity index (χ1n) is 17.0. The van der Waals surface area contributed by atoms with Crippen LogP contribution in [0.4, 0.5) is 5.69 Å². The summed E-state index contributed by atoms with van der Waals surface area (Å²) in [6.07, 6.45) is 7.97. The van der Waals surface area contributed by atoms with Crippen LogP contribution >= 0.6 is 11.6 Å². The van der Waals surface area contributed by atoms with Crippen LogP contribution in [-0.4, -0.2) is 80.6 Å². The van der Waals surface area contributed by atoms with Crippen LogP contribution in [-0.2, 0) is 22.6 Å². The molecular formula is C39H36ClN7O5. The second kappa shape index (κ2) is 15.4. The quantitative estimate of drug-likeness (QED) is 0.158. The van der Waals surface area contributed by atoms with Crippen molar-refractivity contribution in [1.82, 2.24) is 24.8 Å². The largest absolute Gasteiger partial charge is 0.463 e. The van der Waals surface area contributed by atoms with Crippen LogP contribution in [0.15, 0.2) is 65.3 Å². The number of halogens is 1. The number of aromatic nitrogens is 3. The van der Waals surface area contributed by atoms with Gasteiger partial charge in [0.1, 0.15) is 23.4 Å². The lowest BCUT2D eigenvalue weighted by atomic mass is 9.94. The van der Waals surface area contributed by atoms with Gasteiger partial charge in [-0.15, -0.1) is 0 Å². The van der Waals surface area contributed by atoms with Gasteiger partial charge in [-0.3, -0.25) is 29.4 Å². The normalized spacial score (nSPS) is 17.9. The molecule has 1 amide bonds. The minimum atomic E-state index is -0.344. The van der Waals surface area contributed by atoms with Crippen molar-refractivity contribution in [1.29, 1.82) is 5.26 Å². The van der Waals surface area contributed by atoms with Crippen LogP contribution in [0.3, 0.4) is 0 Å². The zero-order valence-corrected chi connectivity index (χ0v) is 29.2. The van der Waals surface area contributed by atoms with E-state index in [1.165, 1.54) is 0 Å². The zero-order valence-electron chi connectivity index (χ0n) is 28.5. The first-order valence-corrected chi connectivity index (χ1v) is 17.4. The van der Waals surface area contributed by atoms with Crippen LogP contribution in [0, 0.1) is 18.3 Å². The summed E-state index contributed by atoms with van der Waals surface area (Å²) in [7, 11) is 0. The molecule has 2 aliphatic heterocycles. The standard InChI is InChI=1S/C39H36ClN7O5/c1-24-29(3-2-4-32(24)45-39(50)35-8-5-25(18-43-35)19-46-15-12-27(49)20-46)30-11-14-42-33(31(30)17-41)9-6-26-7-10-34-38(37(26)40)52-36(44-34)22-47-16-13-28(21-47)51-23-48/h2-11,14,18,23,27-28,49H,12-13,15-16,19-22H2,1H3,(H,45,50)/b9-6+/t27-,28-/m1/s1. The Hall–Kier alpha value is -5.45. The summed E-state index contributed by atoms with van der Waals surface area (Å²) in [6, 6.07) is 16.9. The maximum absolute atomic E-state index is 13.2. The average molecular weight is 718 g/mol. The average Bonchev–Trinajstić information content (AvgIpc) is 3.89. The number of hydrogen-bond donors (Lipinski definition) is 2. The molecule has 264 valence electrons. The number of amides is 1. The summed E-state index contributed by atoms with van der Waals surface area (Å²) in [5.41, 5.74) is 6.68. The van der Waals surface area contributed by atoms with Crippen molar-refractivity contribution in [2.75, 3.05) is 31.5 Å². The van der Waals surface area contributed by atoms with Gasteiger partial charge in [-0.05, 0) is 72.4 Å². The van der Waals surface area contributed by atoms with E-state index in [0.29, 0.717) is 82.7 Å². The molecule has 13 heteroatoms. The monoisotopic (exact) mass is 717 g/mol. The Morgan fingerprint density at radius 1 is 1.08 bits per heavy atom. The number of rotatable bonds is 11. The molecule has 5 heterocycles. The summed E-state index contributed by atoms with van der Waals surface area (Å²) in [6.45, 7) is 6.37. The highest BCUT2D eigenvalue weighted by Crippen LogP contribution is 2.34. The molecule has 0 aliphatic carbocycles. The molecule has 0 radical (unpaired) electrons. The van der Waals surface area contributed by atoms with Gasteiger partial charge in [-0.25, -0.2) is 4.98 Å². The van der Waals surface area contributed by atoms with Crippen molar-refractivity contribution in [3.63, 3.8) is 0 Å². The zero-order chi connectivity index (χ0) is 36.2. The van der Waals surface area contributed by atoms with Crippen molar-refractivity contribution in [2.45, 2.75) is 45.1 Å². The van der Waals surface area contributed by atoms with Gasteiger partial charge in [0.15, 0.2) is 5.58 Å². The molecule has 3 aromatic heterocycles. The fourth-order valence-electron chi connectivity index (χ4n) is 6.77. The van der Waals surface area contributed by atoms with E-state index in [0.717, 1.165) is 42.6 Å². The number of pyridine rings is 2. The van der Waals surface area contributed by atoms with E-state index in [4.69, 9.17) is 20.8 Å². The number of carbonyl (C=O) groups excluding carboxylic acids is 2. The van der Waals surface area contributed by atoms with E-state index >= 15 is 0 Å². The van der Waals surface area contributed by atoms with Crippen molar-refractivity contribution in [3.8, 4) is 17.2 Å². The van der Waals surface area contributed by atoms with Gasteiger partial charge >= 0.3 is 0 Å². The molecule has 2 fully saturated rings. The number of oxazole rings is 1. The van der Waals surface area contributed by atoms with E-state index in [9.17, 15) is 20.0 Å². The second-order valence-corrected chi connectivity index (χ2v) is 13.4. The summed E-state index contributed by atoms with van der Waals surface area (Å²) >= 11 is 6.78.